The molecule has 0 saturated heterocycles. The first-order valence-corrected chi connectivity index (χ1v) is 7.53. The molecule has 3 aromatic rings. The molecular weight excluding hydrogens is 312 g/mol. The Morgan fingerprint density at radius 2 is 1.92 bits per heavy atom. The summed E-state index contributed by atoms with van der Waals surface area (Å²) in [4.78, 5) is 4.24. The van der Waals surface area contributed by atoms with Crippen molar-refractivity contribution < 1.29 is 18.6 Å². The first-order valence-electron chi connectivity index (χ1n) is 7.53. The van der Waals surface area contributed by atoms with Gasteiger partial charge in [-0.25, -0.2) is 8.78 Å². The molecule has 0 saturated carbocycles. The van der Waals surface area contributed by atoms with Crippen molar-refractivity contribution in [2.24, 2.45) is 0 Å². The fraction of sp³-hybridized carbons (Fsp3) is 0.211. The summed E-state index contributed by atoms with van der Waals surface area (Å²) >= 11 is 0. The summed E-state index contributed by atoms with van der Waals surface area (Å²) in [7, 11) is 0. The molecule has 0 aliphatic rings. The summed E-state index contributed by atoms with van der Waals surface area (Å²) in [5, 5.41) is 10.9. The number of fused-ring (bicyclic) bond motifs is 1. The van der Waals surface area contributed by atoms with E-state index in [1.54, 1.807) is 30.3 Å². The minimum absolute atomic E-state index is 0.0719. The molecule has 124 valence electrons. The minimum atomic E-state index is -1.40. The van der Waals surface area contributed by atoms with Crippen molar-refractivity contribution in [2.75, 3.05) is 0 Å². The van der Waals surface area contributed by atoms with Crippen LogP contribution in [0.3, 0.4) is 0 Å². The average molecular weight is 329 g/mol. The number of benzene rings is 2. The summed E-state index contributed by atoms with van der Waals surface area (Å²) in [5.74, 6) is 0.0494. The van der Waals surface area contributed by atoms with Crippen LogP contribution in [-0.4, -0.2) is 10.1 Å². The SMILES string of the molecule is CC(C)(O)c1c(F)cccc1Oc1cnc2c(CF)cccc2c1. The highest BCUT2D eigenvalue weighted by Crippen LogP contribution is 2.35. The molecule has 0 aliphatic carbocycles. The standard InChI is InChI=1S/C19H17F2NO2/c1-19(2,23)17-15(21)7-4-8-16(17)24-14-9-12-5-3-6-13(10-20)18(12)22-11-14/h3-9,11,23H,10H2,1-2H3. The maximum Gasteiger partial charge on any atom is 0.146 e. The Hall–Kier alpha value is -2.53. The zero-order valence-corrected chi connectivity index (χ0v) is 13.4. The van der Waals surface area contributed by atoms with Gasteiger partial charge in [-0.3, -0.25) is 4.98 Å². The van der Waals surface area contributed by atoms with Crippen molar-refractivity contribution in [2.45, 2.75) is 26.1 Å². The van der Waals surface area contributed by atoms with Gasteiger partial charge in [0.05, 0.1) is 22.9 Å². The van der Waals surface area contributed by atoms with Gasteiger partial charge in [0, 0.05) is 10.9 Å². The molecule has 0 spiro atoms. The molecule has 1 N–H and O–H groups in total. The first kappa shape index (κ1) is 16.3. The van der Waals surface area contributed by atoms with E-state index in [-0.39, 0.29) is 11.3 Å². The molecule has 0 unspecified atom stereocenters. The highest BCUT2D eigenvalue weighted by Gasteiger charge is 2.25. The van der Waals surface area contributed by atoms with Crippen molar-refractivity contribution >= 4 is 10.9 Å². The molecule has 1 aromatic heterocycles. The van der Waals surface area contributed by atoms with Gasteiger partial charge in [-0.2, -0.15) is 0 Å². The van der Waals surface area contributed by atoms with Crippen molar-refractivity contribution in [3.05, 3.63) is 65.6 Å². The fourth-order valence-electron chi connectivity index (χ4n) is 2.68. The topological polar surface area (TPSA) is 42.4 Å². The van der Waals surface area contributed by atoms with E-state index in [1.807, 2.05) is 0 Å². The Bertz CT molecular complexity index is 888. The summed E-state index contributed by atoms with van der Waals surface area (Å²) in [5.41, 5.74) is -0.259. The zero-order valence-electron chi connectivity index (χ0n) is 13.4. The Morgan fingerprint density at radius 3 is 2.62 bits per heavy atom. The molecule has 3 nitrogen and oxygen atoms in total. The van der Waals surface area contributed by atoms with Crippen LogP contribution in [0.4, 0.5) is 8.78 Å². The van der Waals surface area contributed by atoms with Crippen molar-refractivity contribution in [1.82, 2.24) is 4.98 Å². The van der Waals surface area contributed by atoms with Crippen LogP contribution in [0.25, 0.3) is 10.9 Å². The lowest BCUT2D eigenvalue weighted by Crippen LogP contribution is -2.18. The quantitative estimate of drug-likeness (QED) is 0.743. The molecular formula is C19H17F2NO2. The Labute approximate surface area is 138 Å². The Kier molecular flexibility index (Phi) is 4.20. The first-order chi connectivity index (χ1) is 11.4. The number of para-hydroxylation sites is 1. The molecule has 24 heavy (non-hydrogen) atoms. The molecule has 1 heterocycles. The molecule has 0 atom stereocenters. The Balaban J connectivity index is 2.04. The summed E-state index contributed by atoms with van der Waals surface area (Å²) in [6.07, 6.45) is 1.46. The molecule has 2 aromatic carbocycles. The van der Waals surface area contributed by atoms with Crippen LogP contribution in [0, 0.1) is 5.82 Å². The normalized spacial score (nSPS) is 11.7. The number of hydrogen-bond acceptors (Lipinski definition) is 3. The summed E-state index contributed by atoms with van der Waals surface area (Å²) in [6.45, 7) is 2.38. The molecule has 0 amide bonds. The number of aliphatic hydroxyl groups is 1. The van der Waals surface area contributed by atoms with Gasteiger partial charge in [0.2, 0.25) is 0 Å². The number of rotatable bonds is 4. The third-order valence-corrected chi connectivity index (χ3v) is 3.73. The van der Waals surface area contributed by atoms with Crippen LogP contribution in [0.1, 0.15) is 25.0 Å². The fourth-order valence-corrected chi connectivity index (χ4v) is 2.68. The van der Waals surface area contributed by atoms with Gasteiger partial charge in [-0.1, -0.05) is 24.3 Å². The number of hydrogen-bond donors (Lipinski definition) is 1. The van der Waals surface area contributed by atoms with E-state index in [9.17, 15) is 13.9 Å². The van der Waals surface area contributed by atoms with E-state index < -0.39 is 18.1 Å². The van der Waals surface area contributed by atoms with Crippen molar-refractivity contribution in [3.63, 3.8) is 0 Å². The van der Waals surface area contributed by atoms with Gasteiger partial charge in [0.1, 0.15) is 24.0 Å². The van der Waals surface area contributed by atoms with Crippen LogP contribution < -0.4 is 4.74 Å². The molecule has 5 heteroatoms. The molecule has 0 aliphatic heterocycles. The number of alkyl halides is 1. The van der Waals surface area contributed by atoms with E-state index >= 15 is 0 Å². The predicted octanol–water partition coefficient (Wildman–Crippen LogP) is 4.86. The summed E-state index contributed by atoms with van der Waals surface area (Å²) < 4.78 is 32.8. The Morgan fingerprint density at radius 1 is 1.17 bits per heavy atom. The third-order valence-electron chi connectivity index (χ3n) is 3.73. The molecule has 3 rings (SSSR count). The van der Waals surface area contributed by atoms with Crippen LogP contribution >= 0.6 is 0 Å². The lowest BCUT2D eigenvalue weighted by molar-refractivity contribution is 0.0721. The average Bonchev–Trinajstić information content (AvgIpc) is 2.52. The molecule has 0 fully saturated rings. The second-order valence-corrected chi connectivity index (χ2v) is 6.07. The lowest BCUT2D eigenvalue weighted by atomic mass is 9.97. The van der Waals surface area contributed by atoms with Gasteiger partial charge in [-0.05, 0) is 32.0 Å². The van der Waals surface area contributed by atoms with E-state index in [0.29, 0.717) is 16.8 Å². The van der Waals surface area contributed by atoms with Crippen molar-refractivity contribution in [3.8, 4) is 11.5 Å². The van der Waals surface area contributed by atoms with Crippen LogP contribution in [0.2, 0.25) is 0 Å². The number of ether oxygens (including phenoxy) is 1. The van der Waals surface area contributed by atoms with Crippen LogP contribution in [-0.2, 0) is 12.3 Å². The second kappa shape index (κ2) is 6.17. The van der Waals surface area contributed by atoms with E-state index in [4.69, 9.17) is 4.74 Å². The van der Waals surface area contributed by atoms with Gasteiger partial charge >= 0.3 is 0 Å². The second-order valence-electron chi connectivity index (χ2n) is 6.07. The highest BCUT2D eigenvalue weighted by atomic mass is 19.1. The smallest absolute Gasteiger partial charge is 0.146 e. The largest absolute Gasteiger partial charge is 0.455 e. The highest BCUT2D eigenvalue weighted by molar-refractivity contribution is 5.82. The van der Waals surface area contributed by atoms with Crippen LogP contribution in [0.5, 0.6) is 11.5 Å². The van der Waals surface area contributed by atoms with Crippen molar-refractivity contribution in [1.29, 1.82) is 0 Å². The van der Waals surface area contributed by atoms with Crippen LogP contribution in [0.15, 0.2) is 48.7 Å². The van der Waals surface area contributed by atoms with Gasteiger partial charge in [0.15, 0.2) is 0 Å². The van der Waals surface area contributed by atoms with E-state index in [2.05, 4.69) is 4.98 Å². The molecule has 0 radical (unpaired) electrons. The minimum Gasteiger partial charge on any atom is -0.455 e. The zero-order chi connectivity index (χ0) is 17.3. The van der Waals surface area contributed by atoms with Gasteiger partial charge in [0.25, 0.3) is 0 Å². The van der Waals surface area contributed by atoms with E-state index in [0.717, 1.165) is 5.39 Å². The van der Waals surface area contributed by atoms with Gasteiger partial charge < -0.3 is 9.84 Å². The number of nitrogens with zero attached hydrogens (tertiary/aromatic N) is 1. The third kappa shape index (κ3) is 3.08. The monoisotopic (exact) mass is 329 g/mol. The van der Waals surface area contributed by atoms with E-state index in [1.165, 1.54) is 32.2 Å². The maximum absolute atomic E-state index is 14.1. The maximum atomic E-state index is 14.1. The predicted molar refractivity (Wildman–Crippen MR) is 88.3 cm³/mol. The molecule has 0 bridgehead atoms. The summed E-state index contributed by atoms with van der Waals surface area (Å²) in [6, 6.07) is 11.3. The number of pyridine rings is 1. The van der Waals surface area contributed by atoms with Gasteiger partial charge in [-0.15, -0.1) is 0 Å². The number of halogens is 2. The lowest BCUT2D eigenvalue weighted by Gasteiger charge is -2.22. The number of aromatic nitrogens is 1.